The molecular weight excluding hydrogens is 280 g/mol. The molecule has 116 valence electrons. The lowest BCUT2D eigenvalue weighted by atomic mass is 10.2. The summed E-state index contributed by atoms with van der Waals surface area (Å²) in [4.78, 5) is 32.4. The van der Waals surface area contributed by atoms with Crippen molar-refractivity contribution in [3.05, 3.63) is 30.1 Å². The van der Waals surface area contributed by atoms with Gasteiger partial charge in [0.1, 0.15) is 0 Å². The maximum Gasteiger partial charge on any atom is 0.222 e. The molecule has 0 spiro atoms. The van der Waals surface area contributed by atoms with Gasteiger partial charge in [0.2, 0.25) is 11.8 Å². The van der Waals surface area contributed by atoms with Gasteiger partial charge < -0.3 is 15.2 Å². The lowest BCUT2D eigenvalue weighted by molar-refractivity contribution is -0.128. The second-order valence-corrected chi connectivity index (χ2v) is 5.62. The van der Waals surface area contributed by atoms with Crippen molar-refractivity contribution in [2.45, 2.75) is 32.2 Å². The van der Waals surface area contributed by atoms with E-state index in [2.05, 4.69) is 15.3 Å². The number of carbonyl (C=O) groups excluding carboxylic acids is 2. The minimum absolute atomic E-state index is 0.0244. The highest BCUT2D eigenvalue weighted by atomic mass is 16.2. The first-order chi connectivity index (χ1) is 10.7. The van der Waals surface area contributed by atoms with Gasteiger partial charge in [0, 0.05) is 32.5 Å². The Bertz CT molecular complexity index is 680. The van der Waals surface area contributed by atoms with Crippen molar-refractivity contribution in [3.63, 3.8) is 0 Å². The molecule has 0 atom stereocenters. The van der Waals surface area contributed by atoms with Crippen molar-refractivity contribution in [3.8, 4) is 0 Å². The Hall–Kier alpha value is -2.37. The molecule has 1 saturated heterocycles. The standard InChI is InChI=1S/C16H20N4O2/c21-15(3-1-7-20-8-2-4-16(20)22)17-10-12-5-6-13-14(9-12)19-11-18-13/h5-6,9,11H,1-4,7-8,10H2,(H,17,21)(H,18,19). The van der Waals surface area contributed by atoms with Crippen LogP contribution in [0.25, 0.3) is 11.0 Å². The first-order valence-electron chi connectivity index (χ1n) is 7.69. The Morgan fingerprint density at radius 3 is 3.14 bits per heavy atom. The fourth-order valence-corrected chi connectivity index (χ4v) is 2.75. The van der Waals surface area contributed by atoms with E-state index >= 15 is 0 Å². The number of hydrogen-bond donors (Lipinski definition) is 2. The van der Waals surface area contributed by atoms with Crippen LogP contribution in [0.4, 0.5) is 0 Å². The number of nitrogens with zero attached hydrogens (tertiary/aromatic N) is 2. The monoisotopic (exact) mass is 300 g/mol. The Labute approximate surface area is 128 Å². The lowest BCUT2D eigenvalue weighted by Crippen LogP contribution is -2.28. The molecule has 1 aliphatic heterocycles. The number of imidazole rings is 1. The van der Waals surface area contributed by atoms with Gasteiger partial charge in [-0.3, -0.25) is 9.59 Å². The topological polar surface area (TPSA) is 78.1 Å². The van der Waals surface area contributed by atoms with Crippen molar-refractivity contribution in [1.82, 2.24) is 20.2 Å². The highest BCUT2D eigenvalue weighted by Crippen LogP contribution is 2.12. The number of fused-ring (bicyclic) bond motifs is 1. The molecule has 2 amide bonds. The molecule has 2 heterocycles. The Morgan fingerprint density at radius 1 is 1.41 bits per heavy atom. The van der Waals surface area contributed by atoms with Crippen LogP contribution in [0.5, 0.6) is 0 Å². The third-order valence-corrected chi connectivity index (χ3v) is 3.98. The Morgan fingerprint density at radius 2 is 2.32 bits per heavy atom. The minimum Gasteiger partial charge on any atom is -0.352 e. The van der Waals surface area contributed by atoms with Crippen LogP contribution in [-0.2, 0) is 16.1 Å². The van der Waals surface area contributed by atoms with Gasteiger partial charge >= 0.3 is 0 Å². The van der Waals surface area contributed by atoms with Gasteiger partial charge in [-0.15, -0.1) is 0 Å². The van der Waals surface area contributed by atoms with Crippen LogP contribution < -0.4 is 5.32 Å². The number of aromatic nitrogens is 2. The molecule has 1 fully saturated rings. The van der Waals surface area contributed by atoms with E-state index in [1.807, 2.05) is 23.1 Å². The van der Waals surface area contributed by atoms with Crippen LogP contribution in [0.15, 0.2) is 24.5 Å². The summed E-state index contributed by atoms with van der Waals surface area (Å²) in [7, 11) is 0. The maximum absolute atomic E-state index is 11.9. The number of likely N-dealkylation sites (tertiary alicyclic amines) is 1. The summed E-state index contributed by atoms with van der Waals surface area (Å²) in [5, 5.41) is 2.92. The van der Waals surface area contributed by atoms with Gasteiger partial charge in [0.05, 0.1) is 17.4 Å². The molecule has 2 N–H and O–H groups in total. The number of rotatable bonds is 6. The van der Waals surface area contributed by atoms with Crippen LogP contribution in [0, 0.1) is 0 Å². The summed E-state index contributed by atoms with van der Waals surface area (Å²) >= 11 is 0. The first kappa shape index (κ1) is 14.6. The molecule has 2 aromatic rings. The Kier molecular flexibility index (Phi) is 4.37. The molecule has 22 heavy (non-hydrogen) atoms. The summed E-state index contributed by atoms with van der Waals surface area (Å²) in [6.45, 7) is 2.04. The summed E-state index contributed by atoms with van der Waals surface area (Å²) in [6.07, 6.45) is 4.43. The predicted octanol–water partition coefficient (Wildman–Crippen LogP) is 1.58. The van der Waals surface area contributed by atoms with Gasteiger partial charge in [-0.05, 0) is 30.5 Å². The van der Waals surface area contributed by atoms with E-state index in [9.17, 15) is 9.59 Å². The van der Waals surface area contributed by atoms with Crippen molar-refractivity contribution in [1.29, 1.82) is 0 Å². The van der Waals surface area contributed by atoms with Crippen LogP contribution in [0.3, 0.4) is 0 Å². The van der Waals surface area contributed by atoms with E-state index in [0.717, 1.165) is 36.0 Å². The van der Waals surface area contributed by atoms with Crippen molar-refractivity contribution < 1.29 is 9.59 Å². The van der Waals surface area contributed by atoms with Crippen LogP contribution >= 0.6 is 0 Å². The maximum atomic E-state index is 11.9. The average molecular weight is 300 g/mol. The molecule has 0 unspecified atom stereocenters. The molecule has 1 aromatic heterocycles. The van der Waals surface area contributed by atoms with E-state index in [0.29, 0.717) is 25.9 Å². The molecular formula is C16H20N4O2. The Balaban J connectivity index is 1.41. The molecule has 0 saturated carbocycles. The molecule has 0 bridgehead atoms. The zero-order valence-corrected chi connectivity index (χ0v) is 12.5. The van der Waals surface area contributed by atoms with Crippen molar-refractivity contribution in [2.75, 3.05) is 13.1 Å². The summed E-state index contributed by atoms with van der Waals surface area (Å²) < 4.78 is 0. The highest BCUT2D eigenvalue weighted by Gasteiger charge is 2.19. The minimum atomic E-state index is 0.0244. The molecule has 6 heteroatoms. The van der Waals surface area contributed by atoms with Crippen LogP contribution in [0.1, 0.15) is 31.2 Å². The molecule has 0 radical (unpaired) electrons. The van der Waals surface area contributed by atoms with E-state index in [1.54, 1.807) is 6.33 Å². The molecule has 3 rings (SSSR count). The molecule has 6 nitrogen and oxygen atoms in total. The summed E-state index contributed by atoms with van der Waals surface area (Å²) in [5.41, 5.74) is 2.93. The van der Waals surface area contributed by atoms with E-state index in [-0.39, 0.29) is 11.8 Å². The van der Waals surface area contributed by atoms with Crippen molar-refractivity contribution in [2.24, 2.45) is 0 Å². The smallest absolute Gasteiger partial charge is 0.222 e. The fraction of sp³-hybridized carbons (Fsp3) is 0.438. The summed E-state index contributed by atoms with van der Waals surface area (Å²) in [5.74, 6) is 0.240. The first-order valence-corrected chi connectivity index (χ1v) is 7.69. The van der Waals surface area contributed by atoms with Gasteiger partial charge in [0.15, 0.2) is 0 Å². The zero-order valence-electron chi connectivity index (χ0n) is 12.5. The number of amides is 2. The number of benzene rings is 1. The van der Waals surface area contributed by atoms with Gasteiger partial charge in [-0.1, -0.05) is 6.07 Å². The number of H-pyrrole nitrogens is 1. The third kappa shape index (κ3) is 3.44. The number of hydrogen-bond acceptors (Lipinski definition) is 3. The van der Waals surface area contributed by atoms with Crippen LogP contribution in [0.2, 0.25) is 0 Å². The van der Waals surface area contributed by atoms with Gasteiger partial charge in [-0.25, -0.2) is 4.98 Å². The van der Waals surface area contributed by atoms with Crippen LogP contribution in [-0.4, -0.2) is 39.8 Å². The normalized spacial score (nSPS) is 14.7. The molecule has 0 aliphatic carbocycles. The predicted molar refractivity (Wildman–Crippen MR) is 83.0 cm³/mol. The van der Waals surface area contributed by atoms with E-state index in [4.69, 9.17) is 0 Å². The second-order valence-electron chi connectivity index (χ2n) is 5.62. The lowest BCUT2D eigenvalue weighted by Gasteiger charge is -2.14. The van der Waals surface area contributed by atoms with Gasteiger partial charge in [0.25, 0.3) is 0 Å². The van der Waals surface area contributed by atoms with Crippen molar-refractivity contribution >= 4 is 22.8 Å². The largest absolute Gasteiger partial charge is 0.352 e. The third-order valence-electron chi connectivity index (χ3n) is 3.98. The number of carbonyl (C=O) groups is 2. The van der Waals surface area contributed by atoms with Gasteiger partial charge in [-0.2, -0.15) is 0 Å². The van der Waals surface area contributed by atoms with E-state index in [1.165, 1.54) is 0 Å². The zero-order chi connectivity index (χ0) is 15.4. The number of aromatic amines is 1. The highest BCUT2D eigenvalue weighted by molar-refractivity contribution is 5.79. The second kappa shape index (κ2) is 6.60. The quantitative estimate of drug-likeness (QED) is 0.850. The molecule has 1 aromatic carbocycles. The molecule has 1 aliphatic rings. The SMILES string of the molecule is O=C(CCCN1CCCC1=O)NCc1ccc2nc[nH]c2c1. The number of nitrogens with one attached hydrogen (secondary N) is 2. The van der Waals surface area contributed by atoms with E-state index < -0.39 is 0 Å². The fourth-order valence-electron chi connectivity index (χ4n) is 2.75. The summed E-state index contributed by atoms with van der Waals surface area (Å²) in [6, 6.07) is 5.89. The average Bonchev–Trinajstić information content (AvgIpc) is 3.14.